The highest BCUT2D eigenvalue weighted by Crippen LogP contribution is 2.19. The molecular formula is C26H39N7O6S. The number of rotatable bonds is 18. The van der Waals surface area contributed by atoms with E-state index < -0.39 is 60.2 Å². The minimum Gasteiger partial charge on any atom is -0.480 e. The van der Waals surface area contributed by atoms with Crippen molar-refractivity contribution in [1.82, 2.24) is 20.9 Å². The van der Waals surface area contributed by atoms with Crippen molar-refractivity contribution in [3.63, 3.8) is 0 Å². The van der Waals surface area contributed by atoms with Crippen LogP contribution in [-0.4, -0.2) is 82.4 Å². The van der Waals surface area contributed by atoms with Crippen LogP contribution in [0.15, 0.2) is 30.5 Å². The summed E-state index contributed by atoms with van der Waals surface area (Å²) in [7, 11) is 0. The van der Waals surface area contributed by atoms with Crippen LogP contribution in [0.3, 0.4) is 0 Å². The molecule has 1 aromatic heterocycles. The third-order valence-corrected chi connectivity index (χ3v) is 6.95. The van der Waals surface area contributed by atoms with E-state index in [-0.39, 0.29) is 12.8 Å². The molecule has 11 N–H and O–H groups in total. The van der Waals surface area contributed by atoms with Crippen molar-refractivity contribution in [2.24, 2.45) is 17.2 Å². The van der Waals surface area contributed by atoms with Crippen molar-refractivity contribution in [2.75, 3.05) is 18.6 Å². The first-order chi connectivity index (χ1) is 19.1. The maximum atomic E-state index is 13.5. The molecule has 0 aliphatic carbocycles. The van der Waals surface area contributed by atoms with Crippen molar-refractivity contribution in [3.05, 3.63) is 36.0 Å². The third kappa shape index (κ3) is 10.2. The number of hydrogen-bond donors (Lipinski definition) is 8. The Hall–Kier alpha value is -3.62. The number of fused-ring (bicyclic) bond motifs is 1. The Bertz CT molecular complexity index is 1170. The minimum atomic E-state index is -1.46. The SMILES string of the molecule is CSCCC(NC(=O)C(CC(N)=O)NC(=O)C(Cc1c[nH]c2ccccc12)NC(=O)C(N)CCCCN)C(=O)O. The Morgan fingerprint density at radius 2 is 1.60 bits per heavy atom. The first-order valence-electron chi connectivity index (χ1n) is 13.0. The molecule has 2 aromatic rings. The Labute approximate surface area is 236 Å². The molecule has 0 spiro atoms. The van der Waals surface area contributed by atoms with Crippen molar-refractivity contribution in [3.8, 4) is 0 Å². The summed E-state index contributed by atoms with van der Waals surface area (Å²) in [6, 6.07) is 2.69. The molecule has 1 heterocycles. The molecule has 4 amide bonds. The smallest absolute Gasteiger partial charge is 0.326 e. The van der Waals surface area contributed by atoms with E-state index in [0.29, 0.717) is 31.6 Å². The number of aliphatic carboxylic acids is 1. The zero-order valence-electron chi connectivity index (χ0n) is 22.5. The molecule has 0 aliphatic heterocycles. The maximum Gasteiger partial charge on any atom is 0.326 e. The predicted octanol–water partition coefficient (Wildman–Crippen LogP) is -0.666. The number of hydrogen-bond acceptors (Lipinski definition) is 8. The van der Waals surface area contributed by atoms with Gasteiger partial charge in [-0.05, 0) is 49.4 Å². The largest absolute Gasteiger partial charge is 0.480 e. The van der Waals surface area contributed by atoms with Gasteiger partial charge in [-0.2, -0.15) is 11.8 Å². The van der Waals surface area contributed by atoms with E-state index in [1.807, 2.05) is 24.3 Å². The summed E-state index contributed by atoms with van der Waals surface area (Å²) in [5, 5.41) is 17.8. The van der Waals surface area contributed by atoms with Gasteiger partial charge in [0.05, 0.1) is 12.5 Å². The van der Waals surface area contributed by atoms with Gasteiger partial charge >= 0.3 is 5.97 Å². The van der Waals surface area contributed by atoms with E-state index >= 15 is 0 Å². The Kier molecular flexibility index (Phi) is 13.4. The number of unbranched alkanes of at least 4 members (excludes halogenated alkanes) is 1. The lowest BCUT2D eigenvalue weighted by atomic mass is 10.0. The van der Waals surface area contributed by atoms with Gasteiger partial charge < -0.3 is 43.2 Å². The van der Waals surface area contributed by atoms with Gasteiger partial charge in [0.15, 0.2) is 0 Å². The number of nitrogens with two attached hydrogens (primary N) is 3. The van der Waals surface area contributed by atoms with E-state index in [1.54, 1.807) is 12.5 Å². The van der Waals surface area contributed by atoms with Gasteiger partial charge in [0.2, 0.25) is 23.6 Å². The average molecular weight is 578 g/mol. The zero-order valence-corrected chi connectivity index (χ0v) is 23.3. The molecule has 220 valence electrons. The van der Waals surface area contributed by atoms with Crippen LogP contribution >= 0.6 is 11.8 Å². The fourth-order valence-electron chi connectivity index (χ4n) is 4.10. The zero-order chi connectivity index (χ0) is 29.7. The molecule has 0 radical (unpaired) electrons. The first kappa shape index (κ1) is 32.6. The monoisotopic (exact) mass is 577 g/mol. The number of aromatic amines is 1. The number of carbonyl (C=O) groups excluding carboxylic acids is 4. The summed E-state index contributed by atoms with van der Waals surface area (Å²) in [4.78, 5) is 65.8. The molecule has 4 atom stereocenters. The molecular weight excluding hydrogens is 538 g/mol. The molecule has 2 rings (SSSR count). The fourth-order valence-corrected chi connectivity index (χ4v) is 4.57. The number of H-pyrrole nitrogens is 1. The molecule has 0 bridgehead atoms. The van der Waals surface area contributed by atoms with E-state index in [9.17, 15) is 29.1 Å². The van der Waals surface area contributed by atoms with Crippen LogP contribution in [0.1, 0.15) is 37.7 Å². The summed E-state index contributed by atoms with van der Waals surface area (Å²) < 4.78 is 0. The van der Waals surface area contributed by atoms with Gasteiger partial charge in [-0.15, -0.1) is 0 Å². The molecule has 40 heavy (non-hydrogen) atoms. The number of amides is 4. The molecule has 0 saturated heterocycles. The van der Waals surface area contributed by atoms with Gasteiger partial charge in [0, 0.05) is 23.5 Å². The highest BCUT2D eigenvalue weighted by Gasteiger charge is 2.31. The first-order valence-corrected chi connectivity index (χ1v) is 14.4. The second-order valence-electron chi connectivity index (χ2n) is 9.43. The Morgan fingerprint density at radius 3 is 2.25 bits per heavy atom. The lowest BCUT2D eigenvalue weighted by Gasteiger charge is -2.25. The van der Waals surface area contributed by atoms with E-state index in [0.717, 1.165) is 16.5 Å². The Morgan fingerprint density at radius 1 is 0.950 bits per heavy atom. The van der Waals surface area contributed by atoms with Crippen molar-refractivity contribution < 1.29 is 29.1 Å². The number of benzene rings is 1. The normalized spacial score (nSPS) is 14.1. The van der Waals surface area contributed by atoms with Crippen LogP contribution < -0.4 is 33.2 Å². The Balaban J connectivity index is 2.27. The lowest BCUT2D eigenvalue weighted by molar-refractivity contribution is -0.142. The van der Waals surface area contributed by atoms with Gasteiger partial charge in [-0.25, -0.2) is 4.79 Å². The van der Waals surface area contributed by atoms with Crippen LogP contribution in [0.5, 0.6) is 0 Å². The highest BCUT2D eigenvalue weighted by molar-refractivity contribution is 7.98. The molecule has 4 unspecified atom stereocenters. The number of carboxylic acids is 1. The molecule has 14 heteroatoms. The molecule has 0 saturated carbocycles. The fraction of sp³-hybridized carbons (Fsp3) is 0.500. The number of nitrogens with one attached hydrogen (secondary N) is 4. The van der Waals surface area contributed by atoms with Crippen LogP contribution in [0.2, 0.25) is 0 Å². The van der Waals surface area contributed by atoms with Crippen molar-refractivity contribution in [1.29, 1.82) is 0 Å². The average Bonchev–Trinajstić information content (AvgIpc) is 3.32. The number of carboxylic acid groups (broad SMARTS) is 1. The minimum absolute atomic E-state index is 0.0491. The van der Waals surface area contributed by atoms with E-state index in [2.05, 4.69) is 20.9 Å². The number of carbonyl (C=O) groups is 5. The van der Waals surface area contributed by atoms with Crippen LogP contribution in [0, 0.1) is 0 Å². The van der Waals surface area contributed by atoms with E-state index in [4.69, 9.17) is 17.2 Å². The van der Waals surface area contributed by atoms with E-state index in [1.165, 1.54) is 11.8 Å². The molecule has 0 fully saturated rings. The summed E-state index contributed by atoms with van der Waals surface area (Å²) in [6.07, 6.45) is 4.82. The number of primary amides is 1. The molecule has 13 nitrogen and oxygen atoms in total. The molecule has 1 aromatic carbocycles. The highest BCUT2D eigenvalue weighted by atomic mass is 32.2. The van der Waals surface area contributed by atoms with Crippen LogP contribution in [-0.2, 0) is 30.4 Å². The summed E-state index contributed by atoms with van der Waals surface area (Å²) in [5.41, 5.74) is 18.4. The van der Waals surface area contributed by atoms with Crippen LogP contribution in [0.4, 0.5) is 0 Å². The van der Waals surface area contributed by atoms with Gasteiger partial charge in [0.1, 0.15) is 18.1 Å². The number of para-hydroxylation sites is 1. The van der Waals surface area contributed by atoms with Gasteiger partial charge in [0.25, 0.3) is 0 Å². The maximum absolute atomic E-state index is 13.5. The number of thioether (sulfide) groups is 1. The summed E-state index contributed by atoms with van der Waals surface area (Å²) >= 11 is 1.41. The predicted molar refractivity (Wildman–Crippen MR) is 153 cm³/mol. The summed E-state index contributed by atoms with van der Waals surface area (Å²) in [5.74, 6) is -3.86. The summed E-state index contributed by atoms with van der Waals surface area (Å²) in [6.45, 7) is 0.462. The standard InChI is InChI=1S/C26H39N7O6S/c1-40-11-9-19(26(38)39)31-25(37)21(13-22(29)34)33-24(36)20(32-23(35)17(28)7-4-5-10-27)12-15-14-30-18-8-3-2-6-16(15)18/h2-3,6,8,14,17,19-21,30H,4-5,7,9-13,27-28H2,1H3,(H2,29,34)(H,31,37)(H,32,35)(H,33,36)(H,38,39). The topological polar surface area (TPSA) is 236 Å². The van der Waals surface area contributed by atoms with Gasteiger partial charge in [-0.1, -0.05) is 24.6 Å². The van der Waals surface area contributed by atoms with Crippen molar-refractivity contribution in [2.45, 2.75) is 62.7 Å². The van der Waals surface area contributed by atoms with Crippen LogP contribution in [0.25, 0.3) is 10.9 Å². The van der Waals surface area contributed by atoms with Gasteiger partial charge in [-0.3, -0.25) is 19.2 Å². The second-order valence-corrected chi connectivity index (χ2v) is 10.4. The third-order valence-electron chi connectivity index (χ3n) is 6.30. The second kappa shape index (κ2) is 16.5. The lowest BCUT2D eigenvalue weighted by Crippen LogP contribution is -2.58. The number of aromatic nitrogens is 1. The van der Waals surface area contributed by atoms with Crippen molar-refractivity contribution >= 4 is 52.3 Å². The quantitative estimate of drug-likeness (QED) is 0.105. The molecule has 0 aliphatic rings.